The fourth-order valence-electron chi connectivity index (χ4n) is 5.14. The zero-order chi connectivity index (χ0) is 20.2. The van der Waals surface area contributed by atoms with E-state index in [2.05, 4.69) is 55.4 Å². The molecule has 0 saturated carbocycles. The second kappa shape index (κ2) is 7.33. The maximum Gasteiger partial charge on any atom is 0.0148 e. The van der Waals surface area contributed by atoms with E-state index in [0.717, 1.165) is 0 Å². The van der Waals surface area contributed by atoms with Crippen LogP contribution in [0.1, 0.15) is 83.1 Å². The first-order chi connectivity index (χ1) is 12.1. The summed E-state index contributed by atoms with van der Waals surface area (Å²) in [6, 6.07) is 0. The topological polar surface area (TPSA) is 0 Å². The van der Waals surface area contributed by atoms with Crippen LogP contribution < -0.4 is 0 Å². The van der Waals surface area contributed by atoms with E-state index in [1.54, 1.807) is 32.9 Å². The lowest BCUT2D eigenvalue weighted by atomic mass is 9.76. The van der Waals surface area contributed by atoms with Crippen molar-refractivity contribution >= 4 is 15.8 Å². The van der Waals surface area contributed by atoms with Crippen molar-refractivity contribution in [3.8, 4) is 0 Å². The van der Waals surface area contributed by atoms with Crippen molar-refractivity contribution in [1.82, 2.24) is 0 Å². The van der Waals surface area contributed by atoms with E-state index < -0.39 is 0 Å². The molecular weight excluding hydrogens is 350 g/mol. The van der Waals surface area contributed by atoms with E-state index in [9.17, 15) is 0 Å². The van der Waals surface area contributed by atoms with Crippen LogP contribution in [-0.2, 0) is 0 Å². The van der Waals surface area contributed by atoms with Crippen LogP contribution in [0.4, 0.5) is 0 Å². The van der Waals surface area contributed by atoms with E-state index >= 15 is 0 Å². The Bertz CT molecular complexity index is 682. The number of allylic oxidation sites excluding steroid dienone is 8. The van der Waals surface area contributed by atoms with Gasteiger partial charge in [-0.3, -0.25) is 0 Å². The zero-order valence-electron chi connectivity index (χ0n) is 19.3. The largest absolute Gasteiger partial charge is 0.0683 e. The molecule has 4 aliphatic heterocycles. The van der Waals surface area contributed by atoms with Gasteiger partial charge in [0.2, 0.25) is 0 Å². The highest BCUT2D eigenvalue weighted by Crippen LogP contribution is 2.82. The Labute approximate surface area is 165 Å². The van der Waals surface area contributed by atoms with Crippen molar-refractivity contribution in [1.29, 1.82) is 0 Å². The molecule has 0 saturated heterocycles. The second-order valence-electron chi connectivity index (χ2n) is 8.20. The molecule has 0 N–H and O–H groups in total. The molecule has 0 aliphatic carbocycles. The zero-order valence-corrected chi connectivity index (χ0v) is 21.1. The predicted molar refractivity (Wildman–Crippen MR) is 125 cm³/mol. The van der Waals surface area contributed by atoms with Gasteiger partial charge in [-0.15, -0.1) is 0 Å². The van der Waals surface area contributed by atoms with E-state index in [1.165, 1.54) is 12.3 Å². The molecular formula is C24H40P2. The number of fused-ring (bicyclic) bond motifs is 4. The van der Waals surface area contributed by atoms with Gasteiger partial charge >= 0.3 is 0 Å². The summed E-state index contributed by atoms with van der Waals surface area (Å²) in [6.45, 7) is 27.5. The number of rotatable bonds is 1. The SMILES string of the molecule is CC.CC.CC1=C(C)[C@]2(C)CP1C(C1=C(C)[C@@]3(C)CP1C(C)=C3C)=C2C. The Balaban J connectivity index is 0.000000570. The molecule has 146 valence electrons. The molecule has 4 bridgehead atoms. The van der Waals surface area contributed by atoms with Crippen LogP contribution in [0, 0.1) is 10.8 Å². The molecule has 0 fully saturated rings. The van der Waals surface area contributed by atoms with Crippen molar-refractivity contribution in [2.24, 2.45) is 10.8 Å². The van der Waals surface area contributed by atoms with Gasteiger partial charge in [0.1, 0.15) is 0 Å². The smallest absolute Gasteiger partial charge is 0.0148 e. The average Bonchev–Trinajstić information content (AvgIpc) is 3.23. The fourth-order valence-corrected chi connectivity index (χ4v) is 13.0. The van der Waals surface area contributed by atoms with E-state index in [0.29, 0.717) is 10.8 Å². The summed E-state index contributed by atoms with van der Waals surface area (Å²) < 4.78 is 0. The first-order valence-corrected chi connectivity index (χ1v) is 13.5. The van der Waals surface area contributed by atoms with Crippen molar-refractivity contribution in [2.75, 3.05) is 12.3 Å². The molecule has 2 unspecified atom stereocenters. The normalized spacial score (nSPS) is 37.4. The van der Waals surface area contributed by atoms with Crippen LogP contribution in [0.25, 0.3) is 0 Å². The minimum absolute atomic E-state index is 0.0309. The maximum atomic E-state index is 2.50. The highest BCUT2D eigenvalue weighted by Gasteiger charge is 2.55. The van der Waals surface area contributed by atoms with Gasteiger partial charge in [-0.25, -0.2) is 0 Å². The van der Waals surface area contributed by atoms with Crippen LogP contribution in [-0.4, -0.2) is 12.3 Å². The summed E-state index contributed by atoms with van der Waals surface area (Å²) >= 11 is 0. The Morgan fingerprint density at radius 3 is 1.04 bits per heavy atom. The van der Waals surface area contributed by atoms with E-state index in [4.69, 9.17) is 0 Å². The van der Waals surface area contributed by atoms with Crippen LogP contribution in [0.2, 0.25) is 0 Å². The van der Waals surface area contributed by atoms with Crippen molar-refractivity contribution in [3.63, 3.8) is 0 Å². The first kappa shape index (κ1) is 22.1. The summed E-state index contributed by atoms with van der Waals surface area (Å²) in [4.78, 5) is 0. The summed E-state index contributed by atoms with van der Waals surface area (Å²) in [5.74, 6) is 0. The predicted octanol–water partition coefficient (Wildman–Crippen LogP) is 9.21. The van der Waals surface area contributed by atoms with Gasteiger partial charge in [-0.1, -0.05) is 63.8 Å². The molecule has 4 aliphatic rings. The molecule has 26 heavy (non-hydrogen) atoms. The standard InChI is InChI=1S/C20H28P2.2C2H6/c1-11-15(5)21-9-19(11,7)13(3)17(21)18-14(4)20(8)10-22(18)16(6)12(20)2;2*1-2/h9-10H2,1-8H3;2*1-2H3/t19-,20-,21?,22?;;/m0../s1. The Morgan fingerprint density at radius 1 is 0.538 bits per heavy atom. The lowest BCUT2D eigenvalue weighted by molar-refractivity contribution is 0.557. The number of hydrogen-bond donors (Lipinski definition) is 0. The quantitative estimate of drug-likeness (QED) is 0.391. The van der Waals surface area contributed by atoms with Gasteiger partial charge in [0.15, 0.2) is 0 Å². The molecule has 0 radical (unpaired) electrons. The lowest BCUT2D eigenvalue weighted by Gasteiger charge is -2.32. The van der Waals surface area contributed by atoms with E-state index in [1.807, 2.05) is 38.3 Å². The summed E-state index contributed by atoms with van der Waals surface area (Å²) in [7, 11) is -0.0618. The molecule has 0 aromatic heterocycles. The Hall–Kier alpha value is -0.180. The van der Waals surface area contributed by atoms with Crippen LogP contribution >= 0.6 is 15.8 Å². The van der Waals surface area contributed by atoms with Crippen LogP contribution in [0.3, 0.4) is 0 Å². The third-order valence-electron chi connectivity index (χ3n) is 7.63. The molecule has 0 spiro atoms. The average molecular weight is 391 g/mol. The molecule has 0 nitrogen and oxygen atoms in total. The van der Waals surface area contributed by atoms with Crippen LogP contribution in [0.5, 0.6) is 0 Å². The molecule has 4 heterocycles. The highest BCUT2D eigenvalue weighted by atomic mass is 31.1. The van der Waals surface area contributed by atoms with Gasteiger partial charge in [-0.05, 0) is 91.0 Å². The van der Waals surface area contributed by atoms with Gasteiger partial charge in [-0.2, -0.15) is 0 Å². The summed E-state index contributed by atoms with van der Waals surface area (Å²) in [6.07, 6.45) is 2.80. The van der Waals surface area contributed by atoms with Crippen molar-refractivity contribution in [3.05, 3.63) is 43.5 Å². The van der Waals surface area contributed by atoms with Gasteiger partial charge in [0.25, 0.3) is 0 Å². The van der Waals surface area contributed by atoms with Gasteiger partial charge < -0.3 is 0 Å². The summed E-state index contributed by atoms with van der Waals surface area (Å²) in [5, 5.41) is 7.14. The third-order valence-corrected chi connectivity index (χ3v) is 14.2. The minimum Gasteiger partial charge on any atom is -0.0683 e. The first-order valence-electron chi connectivity index (χ1n) is 10.5. The second-order valence-corrected chi connectivity index (χ2v) is 12.8. The molecule has 4 rings (SSSR count). The summed E-state index contributed by atoms with van der Waals surface area (Å²) in [5.41, 5.74) is 7.57. The lowest BCUT2D eigenvalue weighted by Crippen LogP contribution is -2.19. The Morgan fingerprint density at radius 2 is 0.808 bits per heavy atom. The van der Waals surface area contributed by atoms with E-state index in [-0.39, 0.29) is 15.8 Å². The molecule has 0 aromatic rings. The molecule has 2 heteroatoms. The van der Waals surface area contributed by atoms with Crippen molar-refractivity contribution in [2.45, 2.75) is 83.1 Å². The molecule has 0 aromatic carbocycles. The fraction of sp³-hybridized carbons (Fsp3) is 0.667. The monoisotopic (exact) mass is 390 g/mol. The third kappa shape index (κ3) is 2.54. The minimum atomic E-state index is -0.0309. The maximum absolute atomic E-state index is 2.50. The highest BCUT2D eigenvalue weighted by molar-refractivity contribution is 7.73. The molecule has 4 atom stereocenters. The van der Waals surface area contributed by atoms with Crippen LogP contribution in [0.15, 0.2) is 43.5 Å². The Kier molecular flexibility index (Phi) is 6.24. The molecule has 0 amide bonds. The van der Waals surface area contributed by atoms with Gasteiger partial charge in [0.05, 0.1) is 0 Å². The number of hydrogen-bond acceptors (Lipinski definition) is 0. The van der Waals surface area contributed by atoms with Crippen molar-refractivity contribution < 1.29 is 0 Å². The van der Waals surface area contributed by atoms with Gasteiger partial charge in [0, 0.05) is 10.8 Å².